The van der Waals surface area contributed by atoms with Gasteiger partial charge >= 0.3 is 5.97 Å². The summed E-state index contributed by atoms with van der Waals surface area (Å²) >= 11 is 1.23. The standard InChI is InChI=1S/C19H19N3O3S/c1-3-4-15-10-7-14(11-20)18(22-15)26-12(2)17(23)21-16-8-5-13(6-9-16)19(24)25/h5-10,12H,3-4H2,1-2H3,(H,21,23)(H,24,25). The fourth-order valence-electron chi connectivity index (χ4n) is 2.21. The van der Waals surface area contributed by atoms with Crippen molar-refractivity contribution < 1.29 is 14.7 Å². The summed E-state index contributed by atoms with van der Waals surface area (Å²) < 4.78 is 0. The second-order valence-corrected chi connectivity index (χ2v) is 6.98. The molecule has 0 bridgehead atoms. The number of carboxylic acid groups (broad SMARTS) is 1. The summed E-state index contributed by atoms with van der Waals surface area (Å²) in [6.45, 7) is 3.79. The van der Waals surface area contributed by atoms with E-state index in [0.29, 0.717) is 16.3 Å². The summed E-state index contributed by atoms with van der Waals surface area (Å²) in [6, 6.07) is 11.6. The number of thioether (sulfide) groups is 1. The molecule has 7 heteroatoms. The van der Waals surface area contributed by atoms with E-state index in [2.05, 4.69) is 23.3 Å². The summed E-state index contributed by atoms with van der Waals surface area (Å²) in [5.74, 6) is -1.27. The van der Waals surface area contributed by atoms with Gasteiger partial charge in [0.2, 0.25) is 5.91 Å². The van der Waals surface area contributed by atoms with E-state index < -0.39 is 11.2 Å². The summed E-state index contributed by atoms with van der Waals surface area (Å²) in [6.07, 6.45) is 1.77. The van der Waals surface area contributed by atoms with Crippen molar-refractivity contribution in [2.75, 3.05) is 5.32 Å². The Balaban J connectivity index is 2.08. The fourth-order valence-corrected chi connectivity index (χ4v) is 3.12. The molecular formula is C19H19N3O3S. The van der Waals surface area contributed by atoms with Crippen LogP contribution in [0, 0.1) is 11.3 Å². The van der Waals surface area contributed by atoms with Gasteiger partial charge in [0, 0.05) is 11.4 Å². The number of benzene rings is 1. The molecule has 1 unspecified atom stereocenters. The average molecular weight is 369 g/mol. The van der Waals surface area contributed by atoms with Crippen molar-refractivity contribution in [3.05, 3.63) is 53.2 Å². The van der Waals surface area contributed by atoms with Crippen molar-refractivity contribution in [1.29, 1.82) is 5.26 Å². The maximum atomic E-state index is 12.4. The highest BCUT2D eigenvalue weighted by Gasteiger charge is 2.18. The topological polar surface area (TPSA) is 103 Å². The van der Waals surface area contributed by atoms with Gasteiger partial charge in [-0.15, -0.1) is 0 Å². The van der Waals surface area contributed by atoms with Crippen molar-refractivity contribution in [3.8, 4) is 6.07 Å². The zero-order chi connectivity index (χ0) is 19.1. The van der Waals surface area contributed by atoms with Crippen molar-refractivity contribution in [2.24, 2.45) is 0 Å². The first kappa shape index (κ1) is 19.5. The van der Waals surface area contributed by atoms with Crippen LogP contribution in [0.15, 0.2) is 41.4 Å². The minimum Gasteiger partial charge on any atom is -0.478 e. The Morgan fingerprint density at radius 3 is 2.54 bits per heavy atom. The third-order valence-corrected chi connectivity index (χ3v) is 4.70. The monoisotopic (exact) mass is 369 g/mol. The number of pyridine rings is 1. The molecule has 134 valence electrons. The van der Waals surface area contributed by atoms with Gasteiger partial charge in [-0.3, -0.25) is 4.79 Å². The van der Waals surface area contributed by atoms with Crippen LogP contribution in [0.2, 0.25) is 0 Å². The quantitative estimate of drug-likeness (QED) is 0.721. The number of carbonyl (C=O) groups is 2. The SMILES string of the molecule is CCCc1ccc(C#N)c(SC(C)C(=O)Nc2ccc(C(=O)O)cc2)n1. The number of nitrogens with one attached hydrogen (secondary N) is 1. The van der Waals surface area contributed by atoms with Gasteiger partial charge in [-0.05, 0) is 49.7 Å². The summed E-state index contributed by atoms with van der Waals surface area (Å²) in [5.41, 5.74) is 2.01. The van der Waals surface area contributed by atoms with Gasteiger partial charge in [0.25, 0.3) is 0 Å². The molecule has 1 amide bonds. The number of nitriles is 1. The maximum absolute atomic E-state index is 12.4. The van der Waals surface area contributed by atoms with Crippen LogP contribution in [0.5, 0.6) is 0 Å². The van der Waals surface area contributed by atoms with Crippen molar-refractivity contribution >= 4 is 29.3 Å². The molecule has 0 spiro atoms. The number of anilines is 1. The van der Waals surface area contributed by atoms with Crippen LogP contribution in [-0.2, 0) is 11.2 Å². The van der Waals surface area contributed by atoms with Crippen LogP contribution >= 0.6 is 11.8 Å². The van der Waals surface area contributed by atoms with Crippen molar-refractivity contribution in [3.63, 3.8) is 0 Å². The molecule has 1 heterocycles. The highest BCUT2D eigenvalue weighted by Crippen LogP contribution is 2.26. The Morgan fingerprint density at radius 2 is 1.96 bits per heavy atom. The van der Waals surface area contributed by atoms with E-state index in [0.717, 1.165) is 18.5 Å². The number of carbonyl (C=O) groups excluding carboxylic acids is 1. The molecule has 1 aromatic heterocycles. The first-order valence-corrected chi connectivity index (χ1v) is 9.03. The Bertz CT molecular complexity index is 844. The molecule has 1 aromatic carbocycles. The third kappa shape index (κ3) is 5.07. The Labute approximate surface area is 156 Å². The highest BCUT2D eigenvalue weighted by molar-refractivity contribution is 8.00. The first-order chi connectivity index (χ1) is 12.4. The lowest BCUT2D eigenvalue weighted by Crippen LogP contribution is -2.22. The van der Waals surface area contributed by atoms with Crippen molar-refractivity contribution in [2.45, 2.75) is 37.0 Å². The second-order valence-electron chi connectivity index (χ2n) is 5.65. The lowest BCUT2D eigenvalue weighted by atomic mass is 10.2. The van der Waals surface area contributed by atoms with Crippen LogP contribution in [0.3, 0.4) is 0 Å². The van der Waals surface area contributed by atoms with Crippen molar-refractivity contribution in [1.82, 2.24) is 4.98 Å². The van der Waals surface area contributed by atoms with Crippen LogP contribution in [0.25, 0.3) is 0 Å². The molecule has 0 aliphatic rings. The number of nitrogens with zero attached hydrogens (tertiary/aromatic N) is 2. The number of aromatic nitrogens is 1. The van der Waals surface area contributed by atoms with Gasteiger partial charge in [0.1, 0.15) is 11.1 Å². The molecule has 6 nitrogen and oxygen atoms in total. The lowest BCUT2D eigenvalue weighted by Gasteiger charge is -2.13. The predicted octanol–water partition coefficient (Wildman–Crippen LogP) is 3.72. The normalized spacial score (nSPS) is 11.4. The maximum Gasteiger partial charge on any atom is 0.335 e. The van der Waals surface area contributed by atoms with E-state index in [1.165, 1.54) is 23.9 Å². The molecule has 0 saturated heterocycles. The van der Waals surface area contributed by atoms with Crippen LogP contribution in [0.4, 0.5) is 5.69 Å². The molecular weight excluding hydrogens is 350 g/mol. The number of carboxylic acids is 1. The first-order valence-electron chi connectivity index (χ1n) is 8.15. The molecule has 0 fully saturated rings. The molecule has 0 saturated carbocycles. The molecule has 0 aliphatic heterocycles. The summed E-state index contributed by atoms with van der Waals surface area (Å²) in [4.78, 5) is 27.7. The van der Waals surface area contributed by atoms with E-state index >= 15 is 0 Å². The predicted molar refractivity (Wildman–Crippen MR) is 100 cm³/mol. The smallest absolute Gasteiger partial charge is 0.335 e. The van der Waals surface area contributed by atoms with Gasteiger partial charge in [-0.25, -0.2) is 9.78 Å². The average Bonchev–Trinajstić information content (AvgIpc) is 2.62. The highest BCUT2D eigenvalue weighted by atomic mass is 32.2. The number of aromatic carboxylic acids is 1. The van der Waals surface area contributed by atoms with Gasteiger partial charge in [0.05, 0.1) is 16.4 Å². The Hall–Kier alpha value is -2.85. The summed E-state index contributed by atoms with van der Waals surface area (Å²) in [7, 11) is 0. The molecule has 1 atom stereocenters. The van der Waals surface area contributed by atoms with Crippen LogP contribution in [-0.4, -0.2) is 27.2 Å². The number of aryl methyl sites for hydroxylation is 1. The van der Waals surface area contributed by atoms with E-state index in [-0.39, 0.29) is 11.5 Å². The number of hydrogen-bond donors (Lipinski definition) is 2. The van der Waals surface area contributed by atoms with E-state index in [1.807, 2.05) is 6.07 Å². The van der Waals surface area contributed by atoms with Crippen LogP contribution < -0.4 is 5.32 Å². The Kier molecular flexibility index (Phi) is 6.75. The minimum absolute atomic E-state index is 0.154. The number of rotatable bonds is 7. The fraction of sp³-hybridized carbons (Fsp3) is 0.263. The van der Waals surface area contributed by atoms with E-state index in [9.17, 15) is 14.9 Å². The zero-order valence-corrected chi connectivity index (χ0v) is 15.3. The molecule has 0 radical (unpaired) electrons. The van der Waals surface area contributed by atoms with Gasteiger partial charge in [-0.1, -0.05) is 25.1 Å². The molecule has 26 heavy (non-hydrogen) atoms. The molecule has 2 aromatic rings. The Morgan fingerprint density at radius 1 is 1.27 bits per heavy atom. The minimum atomic E-state index is -1.02. The molecule has 2 N–H and O–H groups in total. The molecule has 0 aliphatic carbocycles. The largest absolute Gasteiger partial charge is 0.478 e. The molecule has 2 rings (SSSR count). The number of hydrogen-bond acceptors (Lipinski definition) is 5. The van der Waals surface area contributed by atoms with E-state index in [4.69, 9.17) is 5.11 Å². The second kappa shape index (κ2) is 9.02. The van der Waals surface area contributed by atoms with E-state index in [1.54, 1.807) is 25.1 Å². The lowest BCUT2D eigenvalue weighted by molar-refractivity contribution is -0.115. The zero-order valence-electron chi connectivity index (χ0n) is 14.5. The van der Waals surface area contributed by atoms with Gasteiger partial charge in [-0.2, -0.15) is 5.26 Å². The van der Waals surface area contributed by atoms with Crippen LogP contribution in [0.1, 0.15) is 41.9 Å². The third-order valence-electron chi connectivity index (χ3n) is 3.60. The van der Waals surface area contributed by atoms with Gasteiger partial charge in [0.15, 0.2) is 0 Å². The number of amides is 1. The summed E-state index contributed by atoms with van der Waals surface area (Å²) in [5, 5.41) is 21.0. The van der Waals surface area contributed by atoms with Gasteiger partial charge < -0.3 is 10.4 Å².